The largest absolute Gasteiger partial charge is 0.478 e. The summed E-state index contributed by atoms with van der Waals surface area (Å²) in [5.74, 6) is 0.772. The van der Waals surface area contributed by atoms with E-state index in [1.165, 1.54) is 0 Å². The fraction of sp³-hybridized carbons (Fsp3) is 0.130. The minimum absolute atomic E-state index is 0.0264. The van der Waals surface area contributed by atoms with E-state index in [4.69, 9.17) is 9.15 Å². The second kappa shape index (κ2) is 6.94. The first-order valence-corrected chi connectivity index (χ1v) is 9.16. The zero-order valence-electron chi connectivity index (χ0n) is 15.2. The van der Waals surface area contributed by atoms with Crippen LogP contribution in [0, 0.1) is 0 Å². The topological polar surface area (TPSA) is 55.6 Å². The van der Waals surface area contributed by atoms with Gasteiger partial charge in [-0.05, 0) is 35.4 Å². The number of hydrogen-bond donors (Lipinski definition) is 0. The Bertz CT molecular complexity index is 1190. The molecule has 0 spiro atoms. The molecule has 0 fully saturated rings. The van der Waals surface area contributed by atoms with E-state index in [-0.39, 0.29) is 5.43 Å². The molecule has 1 aliphatic rings. The molecule has 5 nitrogen and oxygen atoms in total. The number of benzene rings is 2. The Morgan fingerprint density at radius 3 is 2.64 bits per heavy atom. The average molecular weight is 370 g/mol. The summed E-state index contributed by atoms with van der Waals surface area (Å²) in [6.45, 7) is 1.89. The van der Waals surface area contributed by atoms with Crippen LogP contribution < -0.4 is 10.2 Å². The maximum atomic E-state index is 13.1. The summed E-state index contributed by atoms with van der Waals surface area (Å²) in [6, 6.07) is 17.2. The molecule has 2 aromatic carbocycles. The van der Waals surface area contributed by atoms with Crippen LogP contribution in [0.1, 0.15) is 11.1 Å². The van der Waals surface area contributed by atoms with Crippen LogP contribution in [-0.2, 0) is 13.1 Å². The first-order chi connectivity index (χ1) is 13.8. The number of pyridine rings is 1. The lowest BCUT2D eigenvalue weighted by molar-refractivity contribution is 0.0890. The highest BCUT2D eigenvalue weighted by atomic mass is 16.5. The van der Waals surface area contributed by atoms with Crippen molar-refractivity contribution >= 4 is 11.0 Å². The summed E-state index contributed by atoms with van der Waals surface area (Å²) in [7, 11) is 0. The van der Waals surface area contributed by atoms with Crippen molar-refractivity contribution in [2.24, 2.45) is 0 Å². The van der Waals surface area contributed by atoms with Gasteiger partial charge in [-0.1, -0.05) is 30.3 Å². The standard InChI is InChI=1S/C23H18N2O3/c26-22-18-6-7-21-19(13-25(15-28-21)12-16-8-10-24-11-9-16)23(18)27-14-20(22)17-4-2-1-3-5-17/h1-11,14H,12-13,15H2. The van der Waals surface area contributed by atoms with E-state index >= 15 is 0 Å². The van der Waals surface area contributed by atoms with Crippen molar-refractivity contribution in [1.82, 2.24) is 9.88 Å². The monoisotopic (exact) mass is 370 g/mol. The van der Waals surface area contributed by atoms with Crippen molar-refractivity contribution in [3.63, 3.8) is 0 Å². The fourth-order valence-corrected chi connectivity index (χ4v) is 3.62. The zero-order chi connectivity index (χ0) is 18.9. The van der Waals surface area contributed by atoms with Gasteiger partial charge >= 0.3 is 0 Å². The molecule has 5 heteroatoms. The Morgan fingerprint density at radius 2 is 1.82 bits per heavy atom. The highest BCUT2D eigenvalue weighted by Gasteiger charge is 2.22. The molecule has 0 saturated carbocycles. The second-order valence-corrected chi connectivity index (χ2v) is 6.88. The zero-order valence-corrected chi connectivity index (χ0v) is 15.2. The molecule has 1 aliphatic heterocycles. The van der Waals surface area contributed by atoms with Gasteiger partial charge in [0.05, 0.1) is 16.5 Å². The van der Waals surface area contributed by atoms with Gasteiger partial charge in [0, 0.05) is 25.5 Å². The molecule has 0 radical (unpaired) electrons. The third-order valence-corrected chi connectivity index (χ3v) is 5.03. The summed E-state index contributed by atoms with van der Waals surface area (Å²) in [6.07, 6.45) is 5.13. The minimum Gasteiger partial charge on any atom is -0.478 e. The number of fused-ring (bicyclic) bond motifs is 3. The molecule has 0 amide bonds. The molecule has 2 aromatic heterocycles. The predicted octanol–water partition coefficient (Wildman–Crippen LogP) is 4.21. The summed E-state index contributed by atoms with van der Waals surface area (Å²) < 4.78 is 11.9. The number of rotatable bonds is 3. The molecule has 5 rings (SSSR count). The van der Waals surface area contributed by atoms with Crippen molar-refractivity contribution in [3.05, 3.63) is 94.6 Å². The normalized spacial score (nSPS) is 13.9. The highest BCUT2D eigenvalue weighted by molar-refractivity contribution is 5.85. The molecule has 0 saturated heterocycles. The number of hydrogen-bond acceptors (Lipinski definition) is 5. The van der Waals surface area contributed by atoms with E-state index in [0.29, 0.717) is 29.8 Å². The maximum absolute atomic E-state index is 13.1. The van der Waals surface area contributed by atoms with Gasteiger partial charge in [0.25, 0.3) is 0 Å². The number of aromatic nitrogens is 1. The van der Waals surface area contributed by atoms with Gasteiger partial charge in [0.1, 0.15) is 24.3 Å². The van der Waals surface area contributed by atoms with Gasteiger partial charge in [-0.3, -0.25) is 14.7 Å². The molecule has 28 heavy (non-hydrogen) atoms. The van der Waals surface area contributed by atoms with Gasteiger partial charge in [0.15, 0.2) is 0 Å². The van der Waals surface area contributed by atoms with Crippen molar-refractivity contribution < 1.29 is 9.15 Å². The maximum Gasteiger partial charge on any atom is 0.200 e. The van der Waals surface area contributed by atoms with E-state index in [0.717, 1.165) is 29.0 Å². The lowest BCUT2D eigenvalue weighted by atomic mass is 10.0. The summed E-state index contributed by atoms with van der Waals surface area (Å²) in [5.41, 5.74) is 4.07. The Labute approximate surface area is 161 Å². The van der Waals surface area contributed by atoms with Crippen LogP contribution in [0.4, 0.5) is 0 Å². The van der Waals surface area contributed by atoms with Crippen LogP contribution in [0.3, 0.4) is 0 Å². The molecule has 3 heterocycles. The number of nitrogens with zero attached hydrogens (tertiary/aromatic N) is 2. The van der Waals surface area contributed by atoms with E-state index in [1.807, 2.05) is 48.5 Å². The van der Waals surface area contributed by atoms with Crippen molar-refractivity contribution in [2.75, 3.05) is 6.73 Å². The van der Waals surface area contributed by atoms with Crippen molar-refractivity contribution in [2.45, 2.75) is 13.1 Å². The van der Waals surface area contributed by atoms with Gasteiger partial charge in [-0.2, -0.15) is 0 Å². The van der Waals surface area contributed by atoms with Crippen LogP contribution in [0.15, 0.2) is 82.5 Å². The van der Waals surface area contributed by atoms with Crippen molar-refractivity contribution in [1.29, 1.82) is 0 Å². The molecule has 0 atom stereocenters. The van der Waals surface area contributed by atoms with Crippen molar-refractivity contribution in [3.8, 4) is 16.9 Å². The Morgan fingerprint density at radius 1 is 1.00 bits per heavy atom. The van der Waals surface area contributed by atoms with E-state index in [2.05, 4.69) is 9.88 Å². The first-order valence-electron chi connectivity index (χ1n) is 9.16. The summed E-state index contributed by atoms with van der Waals surface area (Å²) >= 11 is 0. The van der Waals surface area contributed by atoms with Crippen LogP contribution >= 0.6 is 0 Å². The van der Waals surface area contributed by atoms with Gasteiger partial charge in [-0.15, -0.1) is 0 Å². The second-order valence-electron chi connectivity index (χ2n) is 6.88. The Balaban J connectivity index is 1.54. The molecule has 0 bridgehead atoms. The molecular formula is C23H18N2O3. The molecule has 0 unspecified atom stereocenters. The third kappa shape index (κ3) is 2.96. The average Bonchev–Trinajstić information content (AvgIpc) is 2.75. The van der Waals surface area contributed by atoms with Crippen LogP contribution in [0.2, 0.25) is 0 Å². The third-order valence-electron chi connectivity index (χ3n) is 5.03. The smallest absolute Gasteiger partial charge is 0.200 e. The summed E-state index contributed by atoms with van der Waals surface area (Å²) in [4.78, 5) is 19.3. The quantitative estimate of drug-likeness (QED) is 0.541. The molecule has 0 aliphatic carbocycles. The number of ether oxygens (including phenoxy) is 1. The van der Waals surface area contributed by atoms with Crippen LogP contribution in [0.5, 0.6) is 5.75 Å². The SMILES string of the molecule is O=c1c(-c2ccccc2)coc2c3c(ccc12)OCN(Cc1ccncc1)C3. The van der Waals surface area contributed by atoms with E-state index in [9.17, 15) is 4.79 Å². The van der Waals surface area contributed by atoms with Crippen LogP contribution in [0.25, 0.3) is 22.1 Å². The highest BCUT2D eigenvalue weighted by Crippen LogP contribution is 2.32. The molecule has 0 N–H and O–H groups in total. The van der Waals surface area contributed by atoms with Crippen LogP contribution in [-0.4, -0.2) is 16.6 Å². The molecule has 4 aromatic rings. The lowest BCUT2D eigenvalue weighted by Crippen LogP contribution is -2.31. The first kappa shape index (κ1) is 16.7. The Kier molecular flexibility index (Phi) is 4.14. The predicted molar refractivity (Wildman–Crippen MR) is 107 cm³/mol. The fourth-order valence-electron chi connectivity index (χ4n) is 3.62. The Hall–Kier alpha value is -3.44. The van der Waals surface area contributed by atoms with Gasteiger partial charge in [0.2, 0.25) is 5.43 Å². The van der Waals surface area contributed by atoms with Gasteiger partial charge in [-0.25, -0.2) is 0 Å². The molecular weight excluding hydrogens is 352 g/mol. The van der Waals surface area contributed by atoms with Gasteiger partial charge < -0.3 is 9.15 Å². The summed E-state index contributed by atoms with van der Waals surface area (Å²) in [5, 5.41) is 0.578. The van der Waals surface area contributed by atoms with E-state index < -0.39 is 0 Å². The minimum atomic E-state index is -0.0264. The van der Waals surface area contributed by atoms with E-state index in [1.54, 1.807) is 24.7 Å². The lowest BCUT2D eigenvalue weighted by Gasteiger charge is -2.29. The molecule has 138 valence electrons.